The van der Waals surface area contributed by atoms with Crippen molar-refractivity contribution >= 4 is 23.5 Å². The van der Waals surface area contributed by atoms with Gasteiger partial charge in [0.25, 0.3) is 0 Å². The molecule has 0 spiro atoms. The molecule has 0 radical (unpaired) electrons. The molecule has 8 heteroatoms. The molecule has 1 heterocycles. The molecule has 1 aromatic rings. The fraction of sp³-hybridized carbons (Fsp3) is 0.500. The van der Waals surface area contributed by atoms with E-state index in [9.17, 15) is 18.0 Å². The summed E-state index contributed by atoms with van der Waals surface area (Å²) in [6.07, 6.45) is -0.748. The molecule has 0 aliphatic heterocycles. The predicted octanol–water partition coefficient (Wildman–Crippen LogP) is 3.11. The second kappa shape index (κ2) is 5.16. The van der Waals surface area contributed by atoms with Gasteiger partial charge in [0.15, 0.2) is 0 Å². The zero-order chi connectivity index (χ0) is 15.0. The third-order valence-electron chi connectivity index (χ3n) is 3.23. The van der Waals surface area contributed by atoms with Crippen molar-refractivity contribution in [2.24, 2.45) is 0 Å². The molecule has 1 saturated carbocycles. The molecule has 0 unspecified atom stereocenters. The van der Waals surface area contributed by atoms with E-state index in [-0.39, 0.29) is 16.1 Å². The molecule has 110 valence electrons. The highest BCUT2D eigenvalue weighted by molar-refractivity contribution is 8.00. The Kier molecular flexibility index (Phi) is 3.86. The van der Waals surface area contributed by atoms with Crippen LogP contribution in [0.2, 0.25) is 0 Å². The molecule has 0 aromatic carbocycles. The maximum Gasteiger partial charge on any atom is 0.433 e. The molecule has 0 saturated heterocycles. The number of nitrogens with zero attached hydrogens (tertiary/aromatic N) is 1. The zero-order valence-corrected chi connectivity index (χ0v) is 11.4. The highest BCUT2D eigenvalue weighted by atomic mass is 32.2. The van der Waals surface area contributed by atoms with Gasteiger partial charge >= 0.3 is 12.1 Å². The lowest BCUT2D eigenvalue weighted by Gasteiger charge is -2.16. The van der Waals surface area contributed by atoms with Gasteiger partial charge in [-0.25, -0.2) is 9.78 Å². The number of carboxylic acids is 1. The quantitative estimate of drug-likeness (QED) is 0.875. The Balaban J connectivity index is 2.25. The number of pyridine rings is 1. The molecule has 1 aliphatic carbocycles. The van der Waals surface area contributed by atoms with Crippen molar-refractivity contribution in [3.63, 3.8) is 0 Å². The SMILES string of the molecule is CSC1(CNc2nc(C(F)(F)F)ccc2C(=O)O)CC1. The van der Waals surface area contributed by atoms with Crippen molar-refractivity contribution in [2.75, 3.05) is 18.1 Å². The van der Waals surface area contributed by atoms with Gasteiger partial charge in [0.05, 0.1) is 0 Å². The minimum Gasteiger partial charge on any atom is -0.478 e. The van der Waals surface area contributed by atoms with Gasteiger partial charge in [-0.2, -0.15) is 24.9 Å². The normalized spacial score (nSPS) is 16.8. The van der Waals surface area contributed by atoms with E-state index in [1.165, 1.54) is 0 Å². The number of hydrogen-bond acceptors (Lipinski definition) is 4. The van der Waals surface area contributed by atoms with Crippen LogP contribution < -0.4 is 5.32 Å². The topological polar surface area (TPSA) is 62.2 Å². The number of hydrogen-bond donors (Lipinski definition) is 2. The maximum absolute atomic E-state index is 12.6. The van der Waals surface area contributed by atoms with E-state index in [0.717, 1.165) is 18.9 Å². The molecule has 4 nitrogen and oxygen atoms in total. The number of thioether (sulfide) groups is 1. The monoisotopic (exact) mass is 306 g/mol. The summed E-state index contributed by atoms with van der Waals surface area (Å²) < 4.78 is 37.8. The van der Waals surface area contributed by atoms with Crippen LogP contribution in [0.25, 0.3) is 0 Å². The minimum atomic E-state index is -4.59. The van der Waals surface area contributed by atoms with E-state index >= 15 is 0 Å². The minimum absolute atomic E-state index is 0.00824. The number of carboxylic acid groups (broad SMARTS) is 1. The number of aromatic carboxylic acids is 1. The molecule has 0 bridgehead atoms. The standard InChI is InChI=1S/C12H13F3N2O2S/c1-20-11(4-5-11)6-16-9-7(10(18)19)2-3-8(17-9)12(13,14)15/h2-3H,4-6H2,1H3,(H,16,17)(H,18,19). The van der Waals surface area contributed by atoms with E-state index in [4.69, 9.17) is 5.11 Å². The van der Waals surface area contributed by atoms with Crippen molar-refractivity contribution in [1.82, 2.24) is 4.98 Å². The number of alkyl halides is 3. The summed E-state index contributed by atoms with van der Waals surface area (Å²) in [6, 6.07) is 1.61. The average Bonchev–Trinajstić information content (AvgIpc) is 3.15. The number of nitrogens with one attached hydrogen (secondary N) is 1. The number of aromatic nitrogens is 1. The Labute approximate surface area is 117 Å². The van der Waals surface area contributed by atoms with Gasteiger partial charge in [-0.05, 0) is 31.2 Å². The largest absolute Gasteiger partial charge is 0.478 e. The van der Waals surface area contributed by atoms with Crippen molar-refractivity contribution in [2.45, 2.75) is 23.8 Å². The third kappa shape index (κ3) is 3.17. The van der Waals surface area contributed by atoms with E-state index in [1.807, 2.05) is 6.26 Å². The zero-order valence-electron chi connectivity index (χ0n) is 10.6. The van der Waals surface area contributed by atoms with Crippen molar-refractivity contribution in [3.05, 3.63) is 23.4 Å². The first kappa shape index (κ1) is 15.0. The number of rotatable bonds is 5. The van der Waals surface area contributed by atoms with Crippen LogP contribution in [0.4, 0.5) is 19.0 Å². The Bertz CT molecular complexity index is 530. The van der Waals surface area contributed by atoms with Gasteiger partial charge in [-0.3, -0.25) is 0 Å². The van der Waals surface area contributed by atoms with Gasteiger partial charge in [0, 0.05) is 11.3 Å². The predicted molar refractivity (Wildman–Crippen MR) is 70.2 cm³/mol. The van der Waals surface area contributed by atoms with Crippen LogP contribution in [-0.2, 0) is 6.18 Å². The van der Waals surface area contributed by atoms with Crippen LogP contribution in [0, 0.1) is 0 Å². The Morgan fingerprint density at radius 2 is 2.15 bits per heavy atom. The summed E-state index contributed by atoms with van der Waals surface area (Å²) in [5.74, 6) is -1.53. The van der Waals surface area contributed by atoms with Crippen LogP contribution in [0.5, 0.6) is 0 Å². The molecular weight excluding hydrogens is 293 g/mol. The van der Waals surface area contributed by atoms with E-state index < -0.39 is 17.8 Å². The Morgan fingerprint density at radius 1 is 1.50 bits per heavy atom. The molecule has 1 fully saturated rings. The molecule has 2 N–H and O–H groups in total. The van der Waals surface area contributed by atoms with E-state index in [2.05, 4.69) is 10.3 Å². The molecule has 20 heavy (non-hydrogen) atoms. The average molecular weight is 306 g/mol. The summed E-state index contributed by atoms with van der Waals surface area (Å²) >= 11 is 1.62. The Hall–Kier alpha value is -1.44. The summed E-state index contributed by atoms with van der Waals surface area (Å²) in [6.45, 7) is 0.406. The molecule has 0 amide bonds. The number of carbonyl (C=O) groups is 1. The van der Waals surface area contributed by atoms with Crippen molar-refractivity contribution in [3.8, 4) is 0 Å². The highest BCUT2D eigenvalue weighted by Gasteiger charge is 2.42. The van der Waals surface area contributed by atoms with Gasteiger partial charge in [-0.15, -0.1) is 0 Å². The van der Waals surface area contributed by atoms with Gasteiger partial charge < -0.3 is 10.4 Å². The first-order chi connectivity index (χ1) is 9.27. The van der Waals surface area contributed by atoms with Crippen molar-refractivity contribution < 1.29 is 23.1 Å². The fourth-order valence-electron chi connectivity index (χ4n) is 1.76. The first-order valence-electron chi connectivity index (χ1n) is 5.88. The van der Waals surface area contributed by atoms with Gasteiger partial charge in [0.1, 0.15) is 17.1 Å². The lowest BCUT2D eigenvalue weighted by molar-refractivity contribution is -0.141. The fourth-order valence-corrected chi connectivity index (χ4v) is 2.49. The molecule has 0 atom stereocenters. The first-order valence-corrected chi connectivity index (χ1v) is 7.10. The lowest BCUT2D eigenvalue weighted by Crippen LogP contribution is -2.21. The van der Waals surface area contributed by atoms with E-state index in [1.54, 1.807) is 11.8 Å². The summed E-state index contributed by atoms with van der Waals surface area (Å²) in [7, 11) is 0. The van der Waals surface area contributed by atoms with Crippen LogP contribution in [0.3, 0.4) is 0 Å². The van der Waals surface area contributed by atoms with Gasteiger partial charge in [0.2, 0.25) is 0 Å². The second-order valence-corrected chi connectivity index (χ2v) is 5.91. The molecule has 1 aliphatic rings. The third-order valence-corrected chi connectivity index (χ3v) is 4.65. The smallest absolute Gasteiger partial charge is 0.433 e. The van der Waals surface area contributed by atoms with Gasteiger partial charge in [-0.1, -0.05) is 0 Å². The number of halogens is 3. The summed E-state index contributed by atoms with van der Waals surface area (Å²) in [5.41, 5.74) is -1.35. The van der Waals surface area contributed by atoms with Crippen LogP contribution in [-0.4, -0.2) is 33.6 Å². The number of anilines is 1. The van der Waals surface area contributed by atoms with Crippen LogP contribution >= 0.6 is 11.8 Å². The van der Waals surface area contributed by atoms with Crippen LogP contribution in [0.15, 0.2) is 12.1 Å². The molecule has 2 rings (SSSR count). The maximum atomic E-state index is 12.6. The molecule has 1 aromatic heterocycles. The highest BCUT2D eigenvalue weighted by Crippen LogP contribution is 2.47. The van der Waals surface area contributed by atoms with Crippen LogP contribution in [0.1, 0.15) is 28.9 Å². The summed E-state index contributed by atoms with van der Waals surface area (Å²) in [4.78, 5) is 14.4. The molecular formula is C12H13F3N2O2S. The summed E-state index contributed by atoms with van der Waals surface area (Å²) in [5, 5.41) is 11.7. The van der Waals surface area contributed by atoms with Crippen molar-refractivity contribution in [1.29, 1.82) is 0 Å². The Morgan fingerprint density at radius 3 is 2.60 bits per heavy atom. The second-order valence-electron chi connectivity index (χ2n) is 4.64. The lowest BCUT2D eigenvalue weighted by atomic mass is 10.2. The van der Waals surface area contributed by atoms with E-state index in [0.29, 0.717) is 12.6 Å².